The highest BCUT2D eigenvalue weighted by molar-refractivity contribution is 5.94. The molecule has 0 aliphatic carbocycles. The van der Waals surface area contributed by atoms with E-state index in [1.54, 1.807) is 0 Å². The van der Waals surface area contributed by atoms with Crippen LogP contribution in [0, 0.1) is 16.7 Å². The second kappa shape index (κ2) is 8.60. The zero-order valence-electron chi connectivity index (χ0n) is 18.3. The van der Waals surface area contributed by atoms with E-state index in [2.05, 4.69) is 10.2 Å². The van der Waals surface area contributed by atoms with Gasteiger partial charge in [0.25, 0.3) is 0 Å². The van der Waals surface area contributed by atoms with Crippen LogP contribution in [0.3, 0.4) is 0 Å². The fourth-order valence-corrected chi connectivity index (χ4v) is 4.10. The molecule has 0 saturated heterocycles. The minimum atomic E-state index is -4.62. The third-order valence-electron chi connectivity index (χ3n) is 5.65. The summed E-state index contributed by atoms with van der Waals surface area (Å²) in [4.78, 5) is 27.1. The number of methoxy groups -OCH3 is 1. The molecule has 1 aliphatic rings. The van der Waals surface area contributed by atoms with E-state index in [9.17, 15) is 28.0 Å². The number of benzene rings is 2. The van der Waals surface area contributed by atoms with Crippen LogP contribution in [-0.4, -0.2) is 34.1 Å². The molecule has 0 saturated carbocycles. The van der Waals surface area contributed by atoms with Gasteiger partial charge in [-0.2, -0.15) is 18.4 Å². The van der Waals surface area contributed by atoms with Gasteiger partial charge in [-0.1, -0.05) is 12.1 Å². The minimum Gasteiger partial charge on any atom is -0.466 e. The summed E-state index contributed by atoms with van der Waals surface area (Å²) < 4.78 is 46.3. The molecule has 2 aromatic carbocycles. The Bertz CT molecular complexity index is 1480. The second-order valence-electron chi connectivity index (χ2n) is 7.58. The van der Waals surface area contributed by atoms with Gasteiger partial charge in [-0.25, -0.2) is 19.3 Å². The highest BCUT2D eigenvalue weighted by Gasteiger charge is 2.40. The predicted molar refractivity (Wildman–Crippen MR) is 118 cm³/mol. The molecule has 4 rings (SSSR count). The molecule has 0 radical (unpaired) electrons. The Balaban J connectivity index is 2.04. The first-order valence-electron chi connectivity index (χ1n) is 10.1. The lowest BCUT2D eigenvalue weighted by molar-refractivity contribution is -0.138. The number of allylic oxidation sites excluding steroid dienone is 1. The van der Waals surface area contributed by atoms with Crippen LogP contribution in [0.25, 0.3) is 0 Å². The summed E-state index contributed by atoms with van der Waals surface area (Å²) >= 11 is 0. The number of fused-ring (bicyclic) bond motifs is 1. The first-order valence-corrected chi connectivity index (χ1v) is 10.1. The molecule has 9 nitrogen and oxygen atoms in total. The standard InChI is InChI=1S/C23H17F3N6O3/c1-12-18(20(33)35-2)19(17-7-6-13(10-27)8-14(17)11-28)32-21(29-30-22(32)34)31(12)16-5-3-4-15(9-16)23(24,25)26/h3-9,11,19,28H,1-2H3,(H,30,34). The van der Waals surface area contributed by atoms with E-state index >= 15 is 0 Å². The monoisotopic (exact) mass is 482 g/mol. The van der Waals surface area contributed by atoms with Crippen LogP contribution >= 0.6 is 0 Å². The number of aromatic nitrogens is 3. The number of esters is 1. The minimum absolute atomic E-state index is 0.0181. The third kappa shape index (κ3) is 3.86. The van der Waals surface area contributed by atoms with Crippen LogP contribution in [0.4, 0.5) is 24.8 Å². The molecule has 35 heavy (non-hydrogen) atoms. The van der Waals surface area contributed by atoms with E-state index in [1.807, 2.05) is 6.07 Å². The predicted octanol–water partition coefficient (Wildman–Crippen LogP) is 3.65. The van der Waals surface area contributed by atoms with Gasteiger partial charge in [0.05, 0.1) is 29.9 Å². The van der Waals surface area contributed by atoms with Crippen molar-refractivity contribution in [3.8, 4) is 6.07 Å². The Kier molecular flexibility index (Phi) is 5.77. The molecule has 1 unspecified atom stereocenters. The highest BCUT2D eigenvalue weighted by Crippen LogP contribution is 2.43. The molecule has 178 valence electrons. The average molecular weight is 482 g/mol. The van der Waals surface area contributed by atoms with Gasteiger partial charge in [0.15, 0.2) is 0 Å². The summed E-state index contributed by atoms with van der Waals surface area (Å²) in [6.45, 7) is 1.50. The third-order valence-corrected chi connectivity index (χ3v) is 5.65. The molecule has 12 heteroatoms. The van der Waals surface area contributed by atoms with Crippen molar-refractivity contribution in [2.75, 3.05) is 12.0 Å². The number of anilines is 2. The summed E-state index contributed by atoms with van der Waals surface area (Å²) in [5.41, 5.74) is -0.676. The largest absolute Gasteiger partial charge is 0.466 e. The Morgan fingerprint density at radius 3 is 2.66 bits per heavy atom. The first kappa shape index (κ1) is 23.5. The summed E-state index contributed by atoms with van der Waals surface area (Å²) in [6.07, 6.45) is -3.64. The van der Waals surface area contributed by atoms with Gasteiger partial charge in [-0.05, 0) is 48.4 Å². The highest BCUT2D eigenvalue weighted by atomic mass is 19.4. The average Bonchev–Trinajstić information content (AvgIpc) is 3.22. The number of aromatic amines is 1. The maximum absolute atomic E-state index is 13.4. The molecule has 3 aromatic rings. The van der Waals surface area contributed by atoms with Crippen molar-refractivity contribution < 1.29 is 22.7 Å². The van der Waals surface area contributed by atoms with Crippen LogP contribution in [-0.2, 0) is 15.7 Å². The smallest absolute Gasteiger partial charge is 0.416 e. The van der Waals surface area contributed by atoms with Crippen LogP contribution < -0.4 is 10.6 Å². The van der Waals surface area contributed by atoms with Gasteiger partial charge >= 0.3 is 17.8 Å². The van der Waals surface area contributed by atoms with Crippen LogP contribution in [0.15, 0.2) is 58.5 Å². The van der Waals surface area contributed by atoms with Crippen LogP contribution in [0.2, 0.25) is 0 Å². The van der Waals surface area contributed by atoms with E-state index in [-0.39, 0.29) is 34.0 Å². The molecule has 0 spiro atoms. The normalized spacial score (nSPS) is 15.4. The number of H-pyrrole nitrogens is 1. The number of hydrogen-bond donors (Lipinski definition) is 2. The van der Waals surface area contributed by atoms with Gasteiger partial charge in [0, 0.05) is 17.6 Å². The lowest BCUT2D eigenvalue weighted by atomic mass is 9.90. The van der Waals surface area contributed by atoms with Gasteiger partial charge in [-0.3, -0.25) is 4.90 Å². The summed E-state index contributed by atoms with van der Waals surface area (Å²) in [6, 6.07) is 9.62. The zero-order valence-corrected chi connectivity index (χ0v) is 18.3. The number of hydrogen-bond acceptors (Lipinski definition) is 7. The fraction of sp³-hybridized carbons (Fsp3) is 0.174. The van der Waals surface area contributed by atoms with E-state index in [0.717, 1.165) is 30.0 Å². The van der Waals surface area contributed by atoms with Gasteiger partial charge < -0.3 is 10.1 Å². The van der Waals surface area contributed by atoms with E-state index in [1.165, 1.54) is 42.2 Å². The number of nitriles is 1. The number of carbonyl (C=O) groups excluding carboxylic acids is 1. The Morgan fingerprint density at radius 2 is 2.03 bits per heavy atom. The zero-order chi connectivity index (χ0) is 25.5. The molecule has 0 bridgehead atoms. The molecule has 0 amide bonds. The second-order valence-corrected chi connectivity index (χ2v) is 7.58. The van der Waals surface area contributed by atoms with E-state index < -0.39 is 29.4 Å². The van der Waals surface area contributed by atoms with Crippen molar-refractivity contribution in [2.45, 2.75) is 19.1 Å². The number of rotatable bonds is 4. The molecule has 0 fully saturated rings. The Hall–Kier alpha value is -4.66. The van der Waals surface area contributed by atoms with E-state index in [0.29, 0.717) is 5.56 Å². The molecule has 2 heterocycles. The topological polar surface area (TPSA) is 128 Å². The quantitative estimate of drug-likeness (QED) is 0.432. The molecule has 2 N–H and O–H groups in total. The molecule has 1 aliphatic heterocycles. The van der Waals surface area contributed by atoms with Crippen molar-refractivity contribution >= 4 is 23.8 Å². The Labute approximate surface area is 196 Å². The van der Waals surface area contributed by atoms with Gasteiger partial charge in [0.1, 0.15) is 6.04 Å². The lowest BCUT2D eigenvalue weighted by Gasteiger charge is -2.35. The van der Waals surface area contributed by atoms with Gasteiger partial charge in [0.2, 0.25) is 5.95 Å². The maximum Gasteiger partial charge on any atom is 0.416 e. The van der Waals surface area contributed by atoms with Crippen LogP contribution in [0.5, 0.6) is 0 Å². The Morgan fingerprint density at radius 1 is 1.29 bits per heavy atom. The number of ether oxygens (including phenoxy) is 1. The lowest BCUT2D eigenvalue weighted by Crippen LogP contribution is -2.38. The molecular weight excluding hydrogens is 465 g/mol. The first-order chi connectivity index (χ1) is 16.6. The fourth-order valence-electron chi connectivity index (χ4n) is 4.10. The van der Waals surface area contributed by atoms with Crippen molar-refractivity contribution in [3.05, 3.63) is 86.5 Å². The maximum atomic E-state index is 13.4. The summed E-state index contributed by atoms with van der Waals surface area (Å²) in [5, 5.41) is 23.3. The van der Waals surface area contributed by atoms with E-state index in [4.69, 9.17) is 10.1 Å². The van der Waals surface area contributed by atoms with Crippen molar-refractivity contribution in [1.29, 1.82) is 10.7 Å². The van der Waals surface area contributed by atoms with Gasteiger partial charge in [-0.15, -0.1) is 5.10 Å². The number of alkyl halides is 3. The van der Waals surface area contributed by atoms with Crippen molar-refractivity contribution in [3.63, 3.8) is 0 Å². The summed E-state index contributed by atoms with van der Waals surface area (Å²) in [7, 11) is 1.14. The molecule has 1 aromatic heterocycles. The van der Waals surface area contributed by atoms with Crippen LogP contribution in [0.1, 0.15) is 35.2 Å². The number of nitrogens with one attached hydrogen (secondary N) is 2. The van der Waals surface area contributed by atoms with Crippen molar-refractivity contribution in [2.24, 2.45) is 0 Å². The number of carbonyl (C=O) groups is 1. The molecule has 1 atom stereocenters. The SMILES string of the molecule is COC(=O)C1=C(C)N(c2cccc(C(F)(F)F)c2)c2n[nH]c(=O)n2C1c1ccc(C#N)cc1C=N. The number of nitrogens with zero attached hydrogens (tertiary/aromatic N) is 4. The summed E-state index contributed by atoms with van der Waals surface area (Å²) in [5.74, 6) is -0.895. The van der Waals surface area contributed by atoms with Crippen molar-refractivity contribution in [1.82, 2.24) is 14.8 Å². The molecular formula is C23H17F3N6O3. The number of halogens is 3.